The van der Waals surface area contributed by atoms with Crippen molar-refractivity contribution in [2.75, 3.05) is 32.7 Å². The van der Waals surface area contributed by atoms with Crippen LogP contribution in [0, 0.1) is 5.92 Å². The van der Waals surface area contributed by atoms with Crippen LogP contribution in [0.4, 0.5) is 4.79 Å². The molecule has 0 unspecified atom stereocenters. The summed E-state index contributed by atoms with van der Waals surface area (Å²) in [4.78, 5) is 28.0. The molecule has 7 heteroatoms. The van der Waals surface area contributed by atoms with E-state index in [0.717, 1.165) is 48.4 Å². The van der Waals surface area contributed by atoms with Gasteiger partial charge in [0.15, 0.2) is 0 Å². The molecule has 2 aliphatic heterocycles. The highest BCUT2D eigenvalue weighted by Gasteiger charge is 2.30. The molecule has 0 aliphatic carbocycles. The minimum atomic E-state index is -0.559. The van der Waals surface area contributed by atoms with E-state index in [1.165, 1.54) is 11.1 Å². The van der Waals surface area contributed by atoms with E-state index < -0.39 is 6.10 Å². The standard InChI is InChI=1S/C30H37N5O2/c1-22(2)15-27-16-25(9-11-31-27)29-8-7-23(17-32-29)18-34-13-14-35(30(34)37)21-28(36)20-33-12-10-24-5-3-4-6-26(24)19-33/h3-9,11,16-17,22,28,36H,10,12-15,18-21H2,1-2H3/t28-/m1/s1. The van der Waals surface area contributed by atoms with Crippen molar-refractivity contribution in [1.82, 2.24) is 24.7 Å². The number of aliphatic hydroxyl groups excluding tert-OH is 1. The van der Waals surface area contributed by atoms with Gasteiger partial charge in [0.05, 0.1) is 11.8 Å². The highest BCUT2D eigenvalue weighted by atomic mass is 16.3. The number of aliphatic hydroxyl groups is 1. The van der Waals surface area contributed by atoms with Gasteiger partial charge in [-0.1, -0.05) is 44.2 Å². The van der Waals surface area contributed by atoms with Gasteiger partial charge in [0.1, 0.15) is 0 Å². The Morgan fingerprint density at radius 2 is 1.76 bits per heavy atom. The second kappa shape index (κ2) is 11.4. The van der Waals surface area contributed by atoms with E-state index in [4.69, 9.17) is 0 Å². The molecule has 1 saturated heterocycles. The Bertz CT molecular complexity index is 1210. The third-order valence-electron chi connectivity index (χ3n) is 7.22. The third kappa shape index (κ3) is 6.35. The minimum Gasteiger partial charge on any atom is -0.390 e. The van der Waals surface area contributed by atoms with Crippen molar-refractivity contribution in [1.29, 1.82) is 0 Å². The van der Waals surface area contributed by atoms with Crippen molar-refractivity contribution in [3.05, 3.63) is 83.3 Å². The Kier molecular flexibility index (Phi) is 7.82. The van der Waals surface area contributed by atoms with Crippen LogP contribution >= 0.6 is 0 Å². The highest BCUT2D eigenvalue weighted by Crippen LogP contribution is 2.21. The minimum absolute atomic E-state index is 0.0143. The molecule has 0 saturated carbocycles. The number of fused-ring (bicyclic) bond motifs is 1. The fourth-order valence-corrected chi connectivity index (χ4v) is 5.35. The maximum atomic E-state index is 13.0. The quantitative estimate of drug-likeness (QED) is 0.482. The lowest BCUT2D eigenvalue weighted by molar-refractivity contribution is 0.0812. The van der Waals surface area contributed by atoms with E-state index in [0.29, 0.717) is 38.6 Å². The molecule has 2 aliphatic rings. The molecular weight excluding hydrogens is 462 g/mol. The number of pyridine rings is 2. The smallest absolute Gasteiger partial charge is 0.320 e. The monoisotopic (exact) mass is 499 g/mol. The first-order chi connectivity index (χ1) is 17.9. The summed E-state index contributed by atoms with van der Waals surface area (Å²) in [5.74, 6) is 0.555. The summed E-state index contributed by atoms with van der Waals surface area (Å²) < 4.78 is 0. The van der Waals surface area contributed by atoms with E-state index in [1.54, 1.807) is 4.90 Å². The first kappa shape index (κ1) is 25.4. The molecule has 1 N–H and O–H groups in total. The number of carbonyl (C=O) groups excluding carboxylic acids is 1. The number of rotatable bonds is 9. The molecule has 0 radical (unpaired) electrons. The Balaban J connectivity index is 1.12. The van der Waals surface area contributed by atoms with Crippen LogP contribution in [-0.2, 0) is 25.9 Å². The Hall–Kier alpha value is -3.29. The summed E-state index contributed by atoms with van der Waals surface area (Å²) in [6, 6.07) is 16.7. The van der Waals surface area contributed by atoms with Crippen molar-refractivity contribution in [2.45, 2.75) is 45.9 Å². The van der Waals surface area contributed by atoms with Crippen LogP contribution in [0.1, 0.15) is 36.2 Å². The zero-order chi connectivity index (χ0) is 25.8. The van der Waals surface area contributed by atoms with Crippen molar-refractivity contribution < 1.29 is 9.90 Å². The topological polar surface area (TPSA) is 72.8 Å². The largest absolute Gasteiger partial charge is 0.390 e. The number of nitrogens with zero attached hydrogens (tertiary/aromatic N) is 5. The van der Waals surface area contributed by atoms with Gasteiger partial charge in [-0.3, -0.25) is 14.9 Å². The van der Waals surface area contributed by atoms with Gasteiger partial charge >= 0.3 is 6.03 Å². The summed E-state index contributed by atoms with van der Waals surface area (Å²) in [6.07, 6.45) is 5.10. The van der Waals surface area contributed by atoms with Crippen LogP contribution < -0.4 is 0 Å². The van der Waals surface area contributed by atoms with Crippen molar-refractivity contribution in [2.24, 2.45) is 5.92 Å². The van der Waals surface area contributed by atoms with E-state index in [-0.39, 0.29) is 6.03 Å². The highest BCUT2D eigenvalue weighted by molar-refractivity contribution is 5.76. The molecule has 2 amide bonds. The molecule has 5 rings (SSSR count). The number of amides is 2. The lowest BCUT2D eigenvalue weighted by Gasteiger charge is -2.31. The van der Waals surface area contributed by atoms with E-state index in [1.807, 2.05) is 35.5 Å². The summed E-state index contributed by atoms with van der Waals surface area (Å²) >= 11 is 0. The Morgan fingerprint density at radius 1 is 0.946 bits per heavy atom. The molecule has 1 atom stereocenters. The van der Waals surface area contributed by atoms with Gasteiger partial charge in [0.2, 0.25) is 0 Å². The van der Waals surface area contributed by atoms with Crippen LogP contribution in [0.5, 0.6) is 0 Å². The van der Waals surface area contributed by atoms with Gasteiger partial charge in [-0.15, -0.1) is 0 Å². The van der Waals surface area contributed by atoms with Crippen LogP contribution in [0.3, 0.4) is 0 Å². The van der Waals surface area contributed by atoms with Gasteiger partial charge in [0.25, 0.3) is 0 Å². The van der Waals surface area contributed by atoms with Crippen LogP contribution in [0.2, 0.25) is 0 Å². The number of carbonyl (C=O) groups is 1. The maximum absolute atomic E-state index is 13.0. The maximum Gasteiger partial charge on any atom is 0.320 e. The summed E-state index contributed by atoms with van der Waals surface area (Å²) in [5.41, 5.74) is 6.79. The van der Waals surface area contributed by atoms with Gasteiger partial charge < -0.3 is 14.9 Å². The number of hydrogen-bond acceptors (Lipinski definition) is 5. The predicted octanol–water partition coefficient (Wildman–Crippen LogP) is 4.00. The predicted molar refractivity (Wildman–Crippen MR) is 145 cm³/mol. The number of β-amino-alcohol motifs (C(OH)–C–C–N with tert-alkyl or cyclic N) is 1. The van der Waals surface area contributed by atoms with Crippen LogP contribution in [0.15, 0.2) is 60.9 Å². The zero-order valence-corrected chi connectivity index (χ0v) is 21.9. The fourth-order valence-electron chi connectivity index (χ4n) is 5.35. The van der Waals surface area contributed by atoms with Crippen molar-refractivity contribution >= 4 is 6.03 Å². The van der Waals surface area contributed by atoms with Gasteiger partial charge in [0, 0.05) is 69.5 Å². The SMILES string of the molecule is CC(C)Cc1cc(-c2ccc(CN3CCN(C[C@H](O)CN4CCc5ccccc5C4)C3=O)cn2)ccn1. The van der Waals surface area contributed by atoms with Crippen molar-refractivity contribution in [3.8, 4) is 11.3 Å². The molecule has 0 spiro atoms. The summed E-state index contributed by atoms with van der Waals surface area (Å²) in [7, 11) is 0. The van der Waals surface area contributed by atoms with Crippen LogP contribution in [0.25, 0.3) is 11.3 Å². The summed E-state index contributed by atoms with van der Waals surface area (Å²) in [5, 5.41) is 10.7. The van der Waals surface area contributed by atoms with E-state index >= 15 is 0 Å². The molecule has 7 nitrogen and oxygen atoms in total. The first-order valence-electron chi connectivity index (χ1n) is 13.4. The lowest BCUT2D eigenvalue weighted by Crippen LogP contribution is -2.43. The lowest BCUT2D eigenvalue weighted by atomic mass is 10.00. The Labute approximate surface area is 219 Å². The Morgan fingerprint density at radius 3 is 2.54 bits per heavy atom. The molecule has 0 bridgehead atoms. The number of urea groups is 1. The number of hydrogen-bond donors (Lipinski definition) is 1. The van der Waals surface area contributed by atoms with Gasteiger partial charge in [-0.25, -0.2) is 4.79 Å². The van der Waals surface area contributed by atoms with Gasteiger partial charge in [-0.05, 0) is 53.6 Å². The number of aromatic nitrogens is 2. The van der Waals surface area contributed by atoms with E-state index in [9.17, 15) is 9.90 Å². The number of benzene rings is 1. The molecule has 194 valence electrons. The van der Waals surface area contributed by atoms with E-state index in [2.05, 4.69) is 59.0 Å². The molecule has 1 fully saturated rings. The first-order valence-corrected chi connectivity index (χ1v) is 13.4. The normalized spacial score (nSPS) is 16.9. The van der Waals surface area contributed by atoms with Crippen molar-refractivity contribution in [3.63, 3.8) is 0 Å². The molecule has 1 aromatic carbocycles. The second-order valence-corrected chi connectivity index (χ2v) is 10.7. The molecule has 4 heterocycles. The van der Waals surface area contributed by atoms with Gasteiger partial charge in [-0.2, -0.15) is 0 Å². The summed E-state index contributed by atoms with van der Waals surface area (Å²) in [6.45, 7) is 8.95. The second-order valence-electron chi connectivity index (χ2n) is 10.7. The molecule has 37 heavy (non-hydrogen) atoms. The fraction of sp³-hybridized carbons (Fsp3) is 0.433. The van der Waals surface area contributed by atoms with Crippen LogP contribution in [-0.4, -0.2) is 74.6 Å². The average Bonchev–Trinajstić information content (AvgIpc) is 3.22. The molecular formula is C30H37N5O2. The zero-order valence-electron chi connectivity index (χ0n) is 21.9. The third-order valence-corrected chi connectivity index (χ3v) is 7.22. The average molecular weight is 500 g/mol. The molecule has 2 aromatic heterocycles. The molecule has 3 aromatic rings.